The average Bonchev–Trinajstić information content (AvgIpc) is 3.30. The third-order valence-corrected chi connectivity index (χ3v) is 6.67. The van der Waals surface area contributed by atoms with Gasteiger partial charge in [-0.3, -0.25) is 0 Å². The van der Waals surface area contributed by atoms with Crippen LogP contribution in [-0.2, 0) is 11.3 Å². The van der Waals surface area contributed by atoms with Crippen molar-refractivity contribution >= 4 is 26.8 Å². The lowest BCUT2D eigenvalue weighted by Gasteiger charge is -2.23. The first-order chi connectivity index (χ1) is 16.7. The maximum atomic E-state index is 6.43. The van der Waals surface area contributed by atoms with Crippen molar-refractivity contribution in [3.8, 4) is 11.5 Å². The van der Waals surface area contributed by atoms with Crippen LogP contribution in [0.25, 0.3) is 10.9 Å². The van der Waals surface area contributed by atoms with Gasteiger partial charge in [0.15, 0.2) is 6.23 Å². The second kappa shape index (κ2) is 10.6. The maximum Gasteiger partial charge on any atom is 0.150 e. The fourth-order valence-electron chi connectivity index (χ4n) is 4.13. The van der Waals surface area contributed by atoms with E-state index in [9.17, 15) is 0 Å². The van der Waals surface area contributed by atoms with E-state index in [0.717, 1.165) is 63.9 Å². The second-order valence-corrected chi connectivity index (χ2v) is 9.37. The third kappa shape index (κ3) is 5.27. The van der Waals surface area contributed by atoms with Crippen LogP contribution in [0.3, 0.4) is 0 Å². The molecule has 0 aliphatic carbocycles. The normalized spacial score (nSPS) is 16.9. The van der Waals surface area contributed by atoms with Gasteiger partial charge in [-0.25, -0.2) is 4.68 Å². The van der Waals surface area contributed by atoms with Gasteiger partial charge in [-0.05, 0) is 64.5 Å². The van der Waals surface area contributed by atoms with Crippen molar-refractivity contribution in [2.24, 2.45) is 5.73 Å². The number of fused-ring (bicyclic) bond motifs is 1. The van der Waals surface area contributed by atoms with Crippen molar-refractivity contribution in [2.45, 2.75) is 38.1 Å². The van der Waals surface area contributed by atoms with E-state index in [0.29, 0.717) is 13.2 Å². The maximum absolute atomic E-state index is 6.43. The third-order valence-electron chi connectivity index (χ3n) is 6.05. The smallest absolute Gasteiger partial charge is 0.150 e. The fourth-order valence-corrected chi connectivity index (χ4v) is 4.61. The summed E-state index contributed by atoms with van der Waals surface area (Å²) in [5.41, 5.74) is 9.55. The molecular weight excluding hydrogens is 494 g/mol. The molecule has 7 heteroatoms. The number of ether oxygens (including phenoxy) is 3. The first-order valence-electron chi connectivity index (χ1n) is 11.6. The Morgan fingerprint density at radius 2 is 1.88 bits per heavy atom. The highest BCUT2D eigenvalue weighted by molar-refractivity contribution is 9.10. The summed E-state index contributed by atoms with van der Waals surface area (Å²) in [6.07, 6.45) is 5.07. The zero-order chi connectivity index (χ0) is 23.3. The molecule has 4 aromatic rings. The minimum Gasteiger partial charge on any atom is -0.490 e. The molecule has 0 saturated carbocycles. The Balaban J connectivity index is 1.22. The van der Waals surface area contributed by atoms with Gasteiger partial charge in [0.05, 0.1) is 22.2 Å². The summed E-state index contributed by atoms with van der Waals surface area (Å²) in [6, 6.07) is 21.8. The average molecular weight is 522 g/mol. The molecule has 0 bridgehead atoms. The van der Waals surface area contributed by atoms with Crippen LogP contribution in [0.5, 0.6) is 11.5 Å². The van der Waals surface area contributed by atoms with Crippen LogP contribution in [-0.4, -0.2) is 23.0 Å². The highest BCUT2D eigenvalue weighted by atomic mass is 79.9. The van der Waals surface area contributed by atoms with E-state index >= 15 is 0 Å². The molecule has 1 aromatic heterocycles. The van der Waals surface area contributed by atoms with Crippen LogP contribution < -0.4 is 15.2 Å². The number of rotatable bonds is 8. The minimum atomic E-state index is -0.266. The Bertz CT molecular complexity index is 1220. The van der Waals surface area contributed by atoms with E-state index in [1.807, 2.05) is 77.6 Å². The molecule has 2 N–H and O–H groups in total. The van der Waals surface area contributed by atoms with Crippen molar-refractivity contribution in [3.05, 3.63) is 88.5 Å². The fraction of sp³-hybridized carbons (Fsp3) is 0.296. The van der Waals surface area contributed by atoms with Crippen molar-refractivity contribution in [3.63, 3.8) is 0 Å². The predicted molar refractivity (Wildman–Crippen MR) is 136 cm³/mol. The molecule has 6 nitrogen and oxygen atoms in total. The molecule has 1 fully saturated rings. The molecule has 1 saturated heterocycles. The molecule has 5 rings (SSSR count). The topological polar surface area (TPSA) is 71.5 Å². The zero-order valence-corrected chi connectivity index (χ0v) is 20.5. The predicted octanol–water partition coefficient (Wildman–Crippen LogP) is 6.16. The molecule has 2 atom stereocenters. The molecule has 2 heterocycles. The van der Waals surface area contributed by atoms with Gasteiger partial charge < -0.3 is 19.9 Å². The summed E-state index contributed by atoms with van der Waals surface area (Å²) in [5, 5.41) is 5.61. The van der Waals surface area contributed by atoms with Crippen LogP contribution in [0.4, 0.5) is 0 Å². The van der Waals surface area contributed by atoms with Gasteiger partial charge in [0.2, 0.25) is 0 Å². The number of hydrogen-bond acceptors (Lipinski definition) is 5. The van der Waals surface area contributed by atoms with E-state index in [1.54, 1.807) is 0 Å². The lowest BCUT2D eigenvalue weighted by atomic mass is 10.1. The van der Waals surface area contributed by atoms with Crippen LogP contribution in [0, 0.1) is 0 Å². The summed E-state index contributed by atoms with van der Waals surface area (Å²) in [5.74, 6) is 1.55. The summed E-state index contributed by atoms with van der Waals surface area (Å²) < 4.78 is 20.8. The molecule has 3 aromatic carbocycles. The van der Waals surface area contributed by atoms with Gasteiger partial charge in [-0.2, -0.15) is 5.10 Å². The highest BCUT2D eigenvalue weighted by Crippen LogP contribution is 2.34. The van der Waals surface area contributed by atoms with E-state index in [2.05, 4.69) is 21.0 Å². The number of hydrogen-bond donors (Lipinski definition) is 1. The largest absolute Gasteiger partial charge is 0.490 e. The van der Waals surface area contributed by atoms with E-state index in [4.69, 9.17) is 19.9 Å². The van der Waals surface area contributed by atoms with Gasteiger partial charge in [0.1, 0.15) is 24.7 Å². The van der Waals surface area contributed by atoms with Crippen LogP contribution in [0.15, 0.2) is 77.4 Å². The van der Waals surface area contributed by atoms with E-state index in [1.165, 1.54) is 0 Å². The Labute approximate surface area is 207 Å². The molecule has 0 amide bonds. The van der Waals surface area contributed by atoms with Crippen molar-refractivity contribution in [1.82, 2.24) is 9.78 Å². The molecule has 34 heavy (non-hydrogen) atoms. The van der Waals surface area contributed by atoms with Gasteiger partial charge in [0, 0.05) is 18.1 Å². The summed E-state index contributed by atoms with van der Waals surface area (Å²) in [7, 11) is 0. The van der Waals surface area contributed by atoms with E-state index < -0.39 is 0 Å². The number of aromatic nitrogens is 2. The van der Waals surface area contributed by atoms with Crippen molar-refractivity contribution < 1.29 is 14.2 Å². The monoisotopic (exact) mass is 521 g/mol. The first kappa shape index (κ1) is 22.9. The molecule has 1 aliphatic heterocycles. The molecule has 0 radical (unpaired) electrons. The minimum absolute atomic E-state index is 0.0230. The van der Waals surface area contributed by atoms with Crippen LogP contribution in [0.2, 0.25) is 0 Å². The zero-order valence-electron chi connectivity index (χ0n) is 18.9. The Kier molecular flexibility index (Phi) is 7.13. The Morgan fingerprint density at radius 1 is 1.06 bits per heavy atom. The van der Waals surface area contributed by atoms with Gasteiger partial charge in [-0.15, -0.1) is 0 Å². The van der Waals surface area contributed by atoms with Crippen LogP contribution >= 0.6 is 15.9 Å². The van der Waals surface area contributed by atoms with Crippen molar-refractivity contribution in [2.75, 3.05) is 13.2 Å². The standard InChI is InChI=1S/C27H28BrN3O3/c28-23-14-21-16-30-31(27-8-4-5-13-32-27)25(21)15-26(23)34-18-24(29)20-9-11-22(12-10-20)33-17-19-6-2-1-3-7-19/h1-3,6-7,9-12,14-16,24,27H,4-5,8,13,17-18,29H2/t24-,27?/m0/s1. The first-order valence-corrected chi connectivity index (χ1v) is 12.4. The van der Waals surface area contributed by atoms with Gasteiger partial charge in [-0.1, -0.05) is 42.5 Å². The quantitative estimate of drug-likeness (QED) is 0.300. The molecule has 1 unspecified atom stereocenters. The molecular formula is C27H28BrN3O3. The van der Waals surface area contributed by atoms with Gasteiger partial charge >= 0.3 is 0 Å². The SMILES string of the molecule is N[C@@H](COc1cc2c(cnn2C2CCCCO2)cc1Br)c1ccc(OCc2ccccc2)cc1. The van der Waals surface area contributed by atoms with Crippen LogP contribution in [0.1, 0.15) is 42.7 Å². The van der Waals surface area contributed by atoms with Gasteiger partial charge in [0.25, 0.3) is 0 Å². The number of benzene rings is 3. The molecule has 176 valence electrons. The Morgan fingerprint density at radius 3 is 2.65 bits per heavy atom. The number of nitrogens with two attached hydrogens (primary N) is 1. The lowest BCUT2D eigenvalue weighted by molar-refractivity contribution is -0.0366. The summed E-state index contributed by atoms with van der Waals surface area (Å²) in [4.78, 5) is 0. The highest BCUT2D eigenvalue weighted by Gasteiger charge is 2.20. The van der Waals surface area contributed by atoms with Crippen molar-refractivity contribution in [1.29, 1.82) is 0 Å². The number of nitrogens with zero attached hydrogens (tertiary/aromatic N) is 2. The second-order valence-electron chi connectivity index (χ2n) is 8.51. The summed E-state index contributed by atoms with van der Waals surface area (Å²) in [6.45, 7) is 1.66. The Hall–Kier alpha value is -2.87. The summed E-state index contributed by atoms with van der Waals surface area (Å²) >= 11 is 3.62. The molecule has 1 aliphatic rings. The molecule has 0 spiro atoms. The lowest BCUT2D eigenvalue weighted by Crippen LogP contribution is -2.20. The number of halogens is 1. The van der Waals surface area contributed by atoms with E-state index in [-0.39, 0.29) is 12.3 Å².